The van der Waals surface area contributed by atoms with Gasteiger partial charge >= 0.3 is 21.3 Å². The third-order valence-corrected chi connectivity index (χ3v) is 10.0. The topological polar surface area (TPSA) is 191 Å². The van der Waals surface area contributed by atoms with Crippen LogP contribution in [0.3, 0.4) is 0 Å². The largest absolute Gasteiger partial charge is 0.509 e. The summed E-state index contributed by atoms with van der Waals surface area (Å²) < 4.78 is 35.0. The van der Waals surface area contributed by atoms with E-state index in [2.05, 4.69) is 0 Å². The van der Waals surface area contributed by atoms with E-state index in [0.717, 1.165) is 24.3 Å². The summed E-state index contributed by atoms with van der Waals surface area (Å²) in [6.45, 7) is 5.09. The van der Waals surface area contributed by atoms with Crippen LogP contribution in [0.25, 0.3) is 0 Å². The minimum atomic E-state index is -4.82. The average Bonchev–Trinajstić information content (AvgIpc) is 2.70. The lowest BCUT2D eigenvalue weighted by atomic mass is 9.94. The lowest BCUT2D eigenvalue weighted by Gasteiger charge is -2.39. The maximum atomic E-state index is 12.7. The molecule has 0 fully saturated rings. The minimum absolute atomic E-state index is 0.0777. The first-order valence-electron chi connectivity index (χ1n) is 10.3. The van der Waals surface area contributed by atoms with E-state index in [1.165, 1.54) is 27.7 Å². The normalized spacial score (nSPS) is 15.8. The molecule has 0 saturated heterocycles. The van der Waals surface area contributed by atoms with Gasteiger partial charge in [0.25, 0.3) is 0 Å². The van der Waals surface area contributed by atoms with Gasteiger partial charge < -0.3 is 39.3 Å². The molecule has 2 unspecified atom stereocenters. The number of ether oxygens (including phenoxy) is 2. The fourth-order valence-corrected chi connectivity index (χ4v) is 6.31. The number of hydrogen-bond donors (Lipinski definition) is 6. The number of rotatable bonds is 14. The summed E-state index contributed by atoms with van der Waals surface area (Å²) in [4.78, 5) is 52.5. The first kappa shape index (κ1) is 31.0. The van der Waals surface area contributed by atoms with E-state index in [1.54, 1.807) is 0 Å². The van der Waals surface area contributed by atoms with Crippen LogP contribution in [0.2, 0.25) is 0 Å². The first-order chi connectivity index (χ1) is 14.8. The predicted molar refractivity (Wildman–Crippen MR) is 118 cm³/mol. The van der Waals surface area contributed by atoms with Gasteiger partial charge in [0, 0.05) is 0 Å². The summed E-state index contributed by atoms with van der Waals surface area (Å²) in [5, 5.41) is 14.6. The molecule has 0 aliphatic heterocycles. The molecule has 0 aliphatic carbocycles. The molecule has 0 saturated carbocycles. The Morgan fingerprint density at radius 1 is 0.750 bits per heavy atom. The Bertz CT molecular complexity index is 670. The molecule has 0 spiro atoms. The summed E-state index contributed by atoms with van der Waals surface area (Å²) >= 11 is 0. The smallest absolute Gasteiger partial charge is 0.425 e. The van der Waals surface area contributed by atoms with E-state index >= 15 is 0 Å². The summed E-state index contributed by atoms with van der Waals surface area (Å²) in [6, 6.07) is 0. The molecule has 0 heterocycles. The number of carbonyl (C=O) groups is 1. The third kappa shape index (κ3) is 6.98. The van der Waals surface area contributed by atoms with Crippen molar-refractivity contribution in [3.8, 4) is 0 Å². The second-order valence-corrected chi connectivity index (χ2v) is 11.2. The van der Waals surface area contributed by atoms with Crippen molar-refractivity contribution in [1.82, 2.24) is 0 Å². The van der Waals surface area contributed by atoms with Crippen LogP contribution < -0.4 is 0 Å². The molecule has 0 aromatic heterocycles. The van der Waals surface area contributed by atoms with Gasteiger partial charge in [-0.25, -0.2) is 4.79 Å². The van der Waals surface area contributed by atoms with Gasteiger partial charge in [-0.15, -0.1) is 0 Å². The van der Waals surface area contributed by atoms with E-state index in [1.807, 2.05) is 0 Å². The zero-order valence-corrected chi connectivity index (χ0v) is 20.6. The molecule has 0 radical (unpaired) electrons. The predicted octanol–water partition coefficient (Wildman–Crippen LogP) is 2.45. The molecule has 188 valence electrons. The molecule has 0 aliphatic rings. The summed E-state index contributed by atoms with van der Waals surface area (Å²) in [7, 11) is -9.64. The van der Waals surface area contributed by atoms with Gasteiger partial charge in [-0.3, -0.25) is 9.13 Å². The van der Waals surface area contributed by atoms with Gasteiger partial charge in [-0.05, 0) is 37.8 Å². The molecule has 13 heteroatoms. The molecular formula is C19H36O11P2. The van der Waals surface area contributed by atoms with Gasteiger partial charge in [0.2, 0.25) is 0 Å². The highest BCUT2D eigenvalue weighted by atomic mass is 31.2. The Balaban J connectivity index is 6.24. The molecular weight excluding hydrogens is 466 g/mol. The van der Waals surface area contributed by atoms with Gasteiger partial charge in [0.05, 0.1) is 13.2 Å². The Hall–Kier alpha value is -1.03. The monoisotopic (exact) mass is 502 g/mol. The van der Waals surface area contributed by atoms with Crippen molar-refractivity contribution >= 4 is 21.3 Å². The lowest BCUT2D eigenvalue weighted by molar-refractivity contribution is -0.00577. The number of aliphatic hydroxyl groups is 2. The molecule has 6 N–H and O–H groups in total. The minimum Gasteiger partial charge on any atom is -0.425 e. The second-order valence-electron chi connectivity index (χ2n) is 7.26. The summed E-state index contributed by atoms with van der Waals surface area (Å²) in [6.07, 6.45) is -0.104. The van der Waals surface area contributed by atoms with E-state index in [-0.39, 0.29) is 25.7 Å². The van der Waals surface area contributed by atoms with Crippen LogP contribution in [0.15, 0.2) is 24.3 Å². The molecule has 0 amide bonds. The Kier molecular flexibility index (Phi) is 12.6. The van der Waals surface area contributed by atoms with Crippen LogP contribution in [0, 0.1) is 0 Å². The van der Waals surface area contributed by atoms with Crippen LogP contribution in [0.5, 0.6) is 0 Å². The van der Waals surface area contributed by atoms with E-state index < -0.39 is 57.1 Å². The third-order valence-electron chi connectivity index (χ3n) is 5.95. The number of aliphatic hydroxyl groups excluding tert-OH is 2. The van der Waals surface area contributed by atoms with Gasteiger partial charge in [0.15, 0.2) is 0 Å². The zero-order valence-electron chi connectivity index (χ0n) is 18.8. The Morgan fingerprint density at radius 3 is 1.22 bits per heavy atom. The van der Waals surface area contributed by atoms with Crippen LogP contribution in [0.1, 0.15) is 53.4 Å². The molecule has 0 aromatic rings. The van der Waals surface area contributed by atoms with Crippen LogP contribution in [0.4, 0.5) is 4.79 Å². The summed E-state index contributed by atoms with van der Waals surface area (Å²) in [5.41, 5.74) is 0. The molecule has 0 aromatic carbocycles. The maximum Gasteiger partial charge on any atom is 0.509 e. The number of hydrogen-bond acceptors (Lipinski definition) is 7. The first-order valence-corrected chi connectivity index (χ1v) is 13.5. The van der Waals surface area contributed by atoms with Crippen molar-refractivity contribution in [3.63, 3.8) is 0 Å². The fourth-order valence-electron chi connectivity index (χ4n) is 3.72. The van der Waals surface area contributed by atoms with Crippen molar-refractivity contribution in [2.75, 3.05) is 13.2 Å². The Morgan fingerprint density at radius 2 is 1.03 bits per heavy atom. The SMILES string of the molecule is CCC(CC)(C(/C=C/CO)OC(=O)OC(/C=C/CO)C(CC)(CC)P(=O)(O)O)P(=O)(O)O. The van der Waals surface area contributed by atoms with Crippen molar-refractivity contribution < 1.29 is 53.2 Å². The van der Waals surface area contributed by atoms with Crippen LogP contribution >= 0.6 is 15.2 Å². The van der Waals surface area contributed by atoms with E-state index in [0.29, 0.717) is 0 Å². The Labute approximate surface area is 188 Å². The average molecular weight is 502 g/mol. The van der Waals surface area contributed by atoms with Crippen LogP contribution in [-0.2, 0) is 18.6 Å². The fraction of sp³-hybridized carbons (Fsp3) is 0.737. The van der Waals surface area contributed by atoms with Gasteiger partial charge in [0.1, 0.15) is 22.5 Å². The molecule has 11 nitrogen and oxygen atoms in total. The van der Waals surface area contributed by atoms with Crippen LogP contribution in [-0.4, -0.2) is 71.7 Å². The van der Waals surface area contributed by atoms with Gasteiger partial charge in [-0.1, -0.05) is 39.8 Å². The van der Waals surface area contributed by atoms with Crippen molar-refractivity contribution in [1.29, 1.82) is 0 Å². The van der Waals surface area contributed by atoms with Crippen molar-refractivity contribution in [2.45, 2.75) is 75.9 Å². The molecule has 32 heavy (non-hydrogen) atoms. The van der Waals surface area contributed by atoms with Gasteiger partial charge in [-0.2, -0.15) is 0 Å². The highest BCUT2D eigenvalue weighted by Gasteiger charge is 2.53. The second kappa shape index (κ2) is 13.0. The summed E-state index contributed by atoms with van der Waals surface area (Å²) in [5.74, 6) is 0. The lowest BCUT2D eigenvalue weighted by Crippen LogP contribution is -2.46. The van der Waals surface area contributed by atoms with E-state index in [4.69, 9.17) is 19.7 Å². The molecule has 2 atom stereocenters. The molecule has 0 bridgehead atoms. The van der Waals surface area contributed by atoms with Crippen molar-refractivity contribution in [3.05, 3.63) is 24.3 Å². The van der Waals surface area contributed by atoms with E-state index in [9.17, 15) is 33.5 Å². The number of carbonyl (C=O) groups excluding carboxylic acids is 1. The highest BCUT2D eigenvalue weighted by molar-refractivity contribution is 7.54. The van der Waals surface area contributed by atoms with Crippen molar-refractivity contribution in [2.24, 2.45) is 0 Å². The maximum absolute atomic E-state index is 12.7. The zero-order chi connectivity index (χ0) is 25.2. The highest BCUT2D eigenvalue weighted by Crippen LogP contribution is 2.58. The molecule has 0 rings (SSSR count). The quantitative estimate of drug-likeness (QED) is 0.116. The standard InChI is InChI=1S/C19H36O11P2/c1-5-18(6-2,31(23,24)25)15(11-9-13-20)29-17(22)30-16(12-10-14-21)19(7-3,8-4)32(26,27)28/h9-12,15-16,20-21H,5-8,13-14H2,1-4H3,(H2,23,24,25)(H2,26,27,28)/b11-9+,12-10+.